The fraction of sp³-hybridized carbons (Fsp3) is 0.128. The van der Waals surface area contributed by atoms with Gasteiger partial charge in [0.25, 0.3) is 0 Å². The largest absolute Gasteiger partial charge is 2.00 e. The number of ether oxygens (including phenoxy) is 1. The number of benzene rings is 5. The van der Waals surface area contributed by atoms with Crippen molar-refractivity contribution in [1.82, 2.24) is 10.6 Å². The number of anilines is 1. The fourth-order valence-electron chi connectivity index (χ4n) is 5.30. The molecule has 5 rings (SSSR count). The molecule has 0 atom stereocenters. The Hall–Kier alpha value is -4.47. The summed E-state index contributed by atoms with van der Waals surface area (Å²) in [4.78, 5) is 0. The van der Waals surface area contributed by atoms with Gasteiger partial charge in [0.1, 0.15) is 34.6 Å². The Bertz CT molecular complexity index is 1820. The first-order chi connectivity index (χ1) is 24.5. The standard InChI is InChI=1S/C39H40N7OPS2.Cu/c1-40-32-25-23-31(24-26-32)37(43-45-38(49)41-2)36(30-15-7-3-8-16-30)44-46-39(50)42-27-28-47-29-48(33-17-9-4-10-18-33,34-19-11-5-12-20-34)35-21-13-6-14-22-35;/h3-26H,27-29H2,1-2H3,(H4-,40,41,42,43,44,45,46,49,50);/q;+2/p-1. The molecule has 3 N–H and O–H groups in total. The van der Waals surface area contributed by atoms with E-state index in [4.69, 9.17) is 30.0 Å². The molecule has 0 saturated heterocycles. The number of rotatable bonds is 14. The minimum atomic E-state index is -2.11. The summed E-state index contributed by atoms with van der Waals surface area (Å²) < 4.78 is 6.48. The molecule has 0 bridgehead atoms. The van der Waals surface area contributed by atoms with Gasteiger partial charge in [0.05, 0.1) is 6.61 Å². The third kappa shape index (κ3) is 10.5. The molecule has 0 aliphatic rings. The SMILES string of the molecule is CN/C([S-])=N/N=C(/C(=N/N=C(\[S-])NCCOC[P+](c1ccccc1)(c1ccccc1)c1ccccc1)c1ccccc1)c1ccc(NC)cc1.[Cu+2]. The molecule has 263 valence electrons. The second-order valence-electron chi connectivity index (χ2n) is 10.9. The first-order valence-corrected chi connectivity index (χ1v) is 18.9. The van der Waals surface area contributed by atoms with Crippen molar-refractivity contribution in [2.24, 2.45) is 20.4 Å². The van der Waals surface area contributed by atoms with Gasteiger partial charge in [-0.05, 0) is 58.9 Å². The van der Waals surface area contributed by atoms with Gasteiger partial charge < -0.3 is 45.9 Å². The molecule has 0 aliphatic heterocycles. The first-order valence-electron chi connectivity index (χ1n) is 16.1. The molecular weight excluding hydrogens is 741 g/mol. The Morgan fingerprint density at radius 3 is 1.45 bits per heavy atom. The van der Waals surface area contributed by atoms with Crippen molar-refractivity contribution < 1.29 is 21.8 Å². The Balaban J connectivity index is 0.00000583. The van der Waals surface area contributed by atoms with Gasteiger partial charge >= 0.3 is 17.1 Å². The molecule has 5 aromatic rings. The Labute approximate surface area is 322 Å². The molecule has 0 aliphatic carbocycles. The van der Waals surface area contributed by atoms with Gasteiger partial charge in [0, 0.05) is 37.5 Å². The molecule has 5 aromatic carbocycles. The number of hydrogen-bond acceptors (Lipinski definition) is 8. The maximum atomic E-state index is 6.48. The topological polar surface area (TPSA) is 94.8 Å². The van der Waals surface area contributed by atoms with Crippen molar-refractivity contribution in [2.75, 3.05) is 38.9 Å². The molecule has 0 unspecified atom stereocenters. The van der Waals surface area contributed by atoms with Gasteiger partial charge in [-0.2, -0.15) is 10.2 Å². The van der Waals surface area contributed by atoms with Crippen molar-refractivity contribution in [3.63, 3.8) is 0 Å². The molecular formula is C39H39CuN7OPS2+. The van der Waals surface area contributed by atoms with Crippen LogP contribution >= 0.6 is 7.26 Å². The van der Waals surface area contributed by atoms with Crippen LogP contribution in [0.4, 0.5) is 5.69 Å². The normalized spacial score (nSPS) is 12.5. The zero-order valence-corrected chi connectivity index (χ0v) is 31.7. The van der Waals surface area contributed by atoms with E-state index in [0.29, 0.717) is 30.9 Å². The van der Waals surface area contributed by atoms with Crippen molar-refractivity contribution in [3.8, 4) is 0 Å². The predicted molar refractivity (Wildman–Crippen MR) is 218 cm³/mol. The Morgan fingerprint density at radius 2 is 1.00 bits per heavy atom. The Morgan fingerprint density at radius 1 is 0.569 bits per heavy atom. The molecule has 0 spiro atoms. The third-order valence-electron chi connectivity index (χ3n) is 7.81. The van der Waals surface area contributed by atoms with Gasteiger partial charge in [-0.15, -0.1) is 10.2 Å². The second kappa shape index (κ2) is 20.4. The van der Waals surface area contributed by atoms with Crippen LogP contribution in [0, 0.1) is 0 Å². The molecule has 51 heavy (non-hydrogen) atoms. The second-order valence-corrected chi connectivity index (χ2v) is 15.1. The van der Waals surface area contributed by atoms with Crippen LogP contribution in [0.5, 0.6) is 0 Å². The molecule has 12 heteroatoms. The zero-order chi connectivity index (χ0) is 35.0. The van der Waals surface area contributed by atoms with Gasteiger partial charge in [0.15, 0.2) is 6.35 Å². The monoisotopic (exact) mass is 779 g/mol. The number of nitrogens with one attached hydrogen (secondary N) is 3. The minimum absolute atomic E-state index is 0. The summed E-state index contributed by atoms with van der Waals surface area (Å²) >= 11 is 10.8. The van der Waals surface area contributed by atoms with E-state index >= 15 is 0 Å². The maximum absolute atomic E-state index is 6.48. The van der Waals surface area contributed by atoms with Gasteiger partial charge in [-0.3, -0.25) is 0 Å². The summed E-state index contributed by atoms with van der Waals surface area (Å²) in [6.07, 6.45) is 0.539. The molecule has 8 nitrogen and oxygen atoms in total. The zero-order valence-electron chi connectivity index (χ0n) is 28.2. The Kier molecular flexibility index (Phi) is 15.7. The van der Waals surface area contributed by atoms with E-state index in [2.05, 4.69) is 127 Å². The van der Waals surface area contributed by atoms with E-state index in [1.54, 1.807) is 7.05 Å². The van der Waals surface area contributed by atoms with E-state index in [1.165, 1.54) is 15.9 Å². The number of hydrogen-bond donors (Lipinski definition) is 3. The summed E-state index contributed by atoms with van der Waals surface area (Å²) in [5.41, 5.74) is 3.54. The van der Waals surface area contributed by atoms with Crippen molar-refractivity contribution in [2.45, 2.75) is 0 Å². The molecule has 0 aromatic heterocycles. The van der Waals surface area contributed by atoms with Crippen LogP contribution in [0.2, 0.25) is 0 Å². The average Bonchev–Trinajstić information content (AvgIpc) is 3.19. The van der Waals surface area contributed by atoms with Gasteiger partial charge in [-0.25, -0.2) is 0 Å². The minimum Gasteiger partial charge on any atom is -0.741 e. The van der Waals surface area contributed by atoms with Crippen LogP contribution in [-0.4, -0.2) is 55.4 Å². The third-order valence-corrected chi connectivity index (χ3v) is 12.4. The number of amidine groups is 2. The summed E-state index contributed by atoms with van der Waals surface area (Å²) in [6.45, 7) is 0.874. The van der Waals surface area contributed by atoms with E-state index in [9.17, 15) is 0 Å². The average molecular weight is 780 g/mol. The van der Waals surface area contributed by atoms with Crippen LogP contribution in [-0.2, 0) is 47.1 Å². The van der Waals surface area contributed by atoms with Crippen LogP contribution in [0.1, 0.15) is 11.1 Å². The van der Waals surface area contributed by atoms with Crippen LogP contribution in [0.15, 0.2) is 166 Å². The van der Waals surface area contributed by atoms with Crippen LogP contribution in [0.3, 0.4) is 0 Å². The van der Waals surface area contributed by atoms with Gasteiger partial charge in [0.2, 0.25) is 0 Å². The molecule has 0 heterocycles. The molecule has 0 saturated carbocycles. The summed E-state index contributed by atoms with van der Waals surface area (Å²) in [5, 5.41) is 31.1. The van der Waals surface area contributed by atoms with E-state index in [1.807, 2.05) is 61.6 Å². The van der Waals surface area contributed by atoms with Crippen molar-refractivity contribution in [1.29, 1.82) is 0 Å². The number of nitrogens with zero attached hydrogens (tertiary/aromatic N) is 4. The van der Waals surface area contributed by atoms with Crippen LogP contribution < -0.4 is 31.9 Å². The molecule has 0 amide bonds. The summed E-state index contributed by atoms with van der Waals surface area (Å²) in [7, 11) is 1.46. The van der Waals surface area contributed by atoms with Crippen molar-refractivity contribution >= 4 is 75.9 Å². The smallest absolute Gasteiger partial charge is 0.741 e. The van der Waals surface area contributed by atoms with Gasteiger partial charge in [-0.1, -0.05) is 97.1 Å². The quantitative estimate of drug-likeness (QED) is 0.0266. The predicted octanol–water partition coefficient (Wildman–Crippen LogP) is 5.42. The van der Waals surface area contributed by atoms with E-state index in [0.717, 1.165) is 16.8 Å². The fourth-order valence-corrected chi connectivity index (χ4v) is 9.27. The molecule has 0 fully saturated rings. The van der Waals surface area contributed by atoms with Crippen LogP contribution in [0.25, 0.3) is 0 Å². The first kappa shape index (κ1) is 39.3. The summed E-state index contributed by atoms with van der Waals surface area (Å²) in [5.74, 6) is 0. The van der Waals surface area contributed by atoms with E-state index in [-0.39, 0.29) is 27.4 Å². The van der Waals surface area contributed by atoms with Crippen molar-refractivity contribution in [3.05, 3.63) is 157 Å². The maximum Gasteiger partial charge on any atom is 2.00 e. The summed E-state index contributed by atoms with van der Waals surface area (Å²) in [6, 6.07) is 49.4. The van der Waals surface area contributed by atoms with E-state index < -0.39 is 7.26 Å². The molecule has 1 radical (unpaired) electrons.